The molecule has 0 heterocycles. The zero-order valence-electron chi connectivity index (χ0n) is 12.7. The van der Waals surface area contributed by atoms with Crippen molar-refractivity contribution in [1.29, 1.82) is 0 Å². The Morgan fingerprint density at radius 1 is 1.19 bits per heavy atom. The first-order valence-electron chi connectivity index (χ1n) is 6.98. The van der Waals surface area contributed by atoms with Gasteiger partial charge in [-0.3, -0.25) is 4.79 Å². The van der Waals surface area contributed by atoms with Crippen LogP contribution in [0.3, 0.4) is 0 Å². The Morgan fingerprint density at radius 2 is 1.81 bits per heavy atom. The Balaban J connectivity index is 0.00000220. The van der Waals surface area contributed by atoms with Crippen LogP contribution in [0.15, 0.2) is 42.5 Å². The van der Waals surface area contributed by atoms with Crippen LogP contribution in [0.5, 0.6) is 0 Å². The summed E-state index contributed by atoms with van der Waals surface area (Å²) in [4.78, 5) is 12.6. The molecule has 0 saturated carbocycles. The van der Waals surface area contributed by atoms with Gasteiger partial charge in [-0.15, -0.1) is 12.4 Å². The lowest BCUT2D eigenvalue weighted by molar-refractivity contribution is 0.0885. The van der Waals surface area contributed by atoms with Crippen LogP contribution < -0.4 is 11.1 Å². The van der Waals surface area contributed by atoms with Crippen molar-refractivity contribution in [2.24, 2.45) is 11.7 Å². The van der Waals surface area contributed by atoms with Crippen LogP contribution in [-0.2, 0) is 0 Å². The standard InChI is InChI=1S/C17H22N2O.ClH/c1-12(2)17(3,11-18)19-16(20)15-10-6-8-13-7-4-5-9-14(13)15;/h4-10,12H,11,18H2,1-3H3,(H,19,20);1H. The fraction of sp³-hybridized carbons (Fsp3) is 0.353. The topological polar surface area (TPSA) is 55.1 Å². The normalized spacial score (nSPS) is 13.6. The van der Waals surface area contributed by atoms with Gasteiger partial charge in [0.05, 0.1) is 5.54 Å². The van der Waals surface area contributed by atoms with Crippen molar-refractivity contribution in [1.82, 2.24) is 5.32 Å². The van der Waals surface area contributed by atoms with Crippen molar-refractivity contribution in [2.45, 2.75) is 26.3 Å². The molecule has 21 heavy (non-hydrogen) atoms. The predicted molar refractivity (Wildman–Crippen MR) is 91.0 cm³/mol. The number of carbonyl (C=O) groups excluding carboxylic acids is 1. The molecule has 0 saturated heterocycles. The third kappa shape index (κ3) is 3.55. The van der Waals surface area contributed by atoms with E-state index in [1.165, 1.54) is 0 Å². The van der Waals surface area contributed by atoms with Gasteiger partial charge >= 0.3 is 0 Å². The second-order valence-corrected chi connectivity index (χ2v) is 5.76. The van der Waals surface area contributed by atoms with Gasteiger partial charge in [-0.05, 0) is 29.7 Å². The van der Waals surface area contributed by atoms with Gasteiger partial charge in [0.15, 0.2) is 0 Å². The van der Waals surface area contributed by atoms with E-state index in [1.54, 1.807) is 0 Å². The molecule has 3 nitrogen and oxygen atoms in total. The van der Waals surface area contributed by atoms with Crippen molar-refractivity contribution in [3.05, 3.63) is 48.0 Å². The number of rotatable bonds is 4. The van der Waals surface area contributed by atoms with Gasteiger partial charge in [-0.1, -0.05) is 50.2 Å². The molecular formula is C17H23ClN2O. The first kappa shape index (κ1) is 17.5. The van der Waals surface area contributed by atoms with E-state index in [2.05, 4.69) is 19.2 Å². The largest absolute Gasteiger partial charge is 0.345 e. The minimum Gasteiger partial charge on any atom is -0.345 e. The number of fused-ring (bicyclic) bond motifs is 1. The molecule has 2 rings (SSSR count). The van der Waals surface area contributed by atoms with E-state index < -0.39 is 5.54 Å². The number of halogens is 1. The summed E-state index contributed by atoms with van der Waals surface area (Å²) in [5.74, 6) is 0.204. The van der Waals surface area contributed by atoms with E-state index in [9.17, 15) is 4.79 Å². The van der Waals surface area contributed by atoms with E-state index in [4.69, 9.17) is 5.73 Å². The van der Waals surface area contributed by atoms with E-state index in [0.717, 1.165) is 10.8 Å². The molecule has 114 valence electrons. The minimum absolute atomic E-state index is 0. The maximum Gasteiger partial charge on any atom is 0.252 e. The zero-order valence-corrected chi connectivity index (χ0v) is 13.5. The molecular weight excluding hydrogens is 284 g/mol. The van der Waals surface area contributed by atoms with Crippen LogP contribution in [0.2, 0.25) is 0 Å². The highest BCUT2D eigenvalue weighted by Gasteiger charge is 2.29. The van der Waals surface area contributed by atoms with E-state index in [0.29, 0.717) is 12.1 Å². The number of hydrogen-bond acceptors (Lipinski definition) is 2. The Kier molecular flexibility index (Phi) is 5.76. The molecule has 0 bridgehead atoms. The summed E-state index contributed by atoms with van der Waals surface area (Å²) < 4.78 is 0. The summed E-state index contributed by atoms with van der Waals surface area (Å²) in [6.07, 6.45) is 0. The molecule has 0 aliphatic rings. The lowest BCUT2D eigenvalue weighted by Gasteiger charge is -2.33. The zero-order chi connectivity index (χ0) is 14.8. The van der Waals surface area contributed by atoms with E-state index in [1.807, 2.05) is 49.4 Å². The van der Waals surface area contributed by atoms with Gasteiger partial charge in [0.2, 0.25) is 0 Å². The van der Waals surface area contributed by atoms with Crippen molar-refractivity contribution in [2.75, 3.05) is 6.54 Å². The van der Waals surface area contributed by atoms with Crippen molar-refractivity contribution in [3.63, 3.8) is 0 Å². The number of nitrogens with two attached hydrogens (primary N) is 1. The van der Waals surface area contributed by atoms with Crippen molar-refractivity contribution < 1.29 is 4.79 Å². The first-order chi connectivity index (χ1) is 9.48. The van der Waals surface area contributed by atoms with Gasteiger partial charge < -0.3 is 11.1 Å². The molecule has 0 aromatic heterocycles. The van der Waals surface area contributed by atoms with Crippen molar-refractivity contribution in [3.8, 4) is 0 Å². The average molecular weight is 307 g/mol. The molecule has 0 aliphatic carbocycles. The van der Waals surface area contributed by atoms with Crippen LogP contribution in [0.4, 0.5) is 0 Å². The highest BCUT2D eigenvalue weighted by molar-refractivity contribution is 6.07. The van der Waals surface area contributed by atoms with Crippen LogP contribution >= 0.6 is 12.4 Å². The summed E-state index contributed by atoms with van der Waals surface area (Å²) in [6.45, 7) is 6.54. The molecule has 1 unspecified atom stereocenters. The number of carbonyl (C=O) groups is 1. The smallest absolute Gasteiger partial charge is 0.252 e. The molecule has 0 spiro atoms. The highest BCUT2D eigenvalue weighted by Crippen LogP contribution is 2.21. The molecule has 2 aromatic carbocycles. The predicted octanol–water partition coefficient (Wildman–Crippen LogP) is 3.36. The third-order valence-electron chi connectivity index (χ3n) is 4.13. The van der Waals surface area contributed by atoms with Gasteiger partial charge in [-0.2, -0.15) is 0 Å². The summed E-state index contributed by atoms with van der Waals surface area (Å²) in [5.41, 5.74) is 6.14. The number of nitrogens with one attached hydrogen (secondary N) is 1. The van der Waals surface area contributed by atoms with Gasteiger partial charge in [0.1, 0.15) is 0 Å². The molecule has 0 aliphatic heterocycles. The second kappa shape index (κ2) is 6.92. The highest BCUT2D eigenvalue weighted by atomic mass is 35.5. The number of amides is 1. The molecule has 2 aromatic rings. The van der Waals surface area contributed by atoms with Gasteiger partial charge in [-0.25, -0.2) is 0 Å². The van der Waals surface area contributed by atoms with Crippen LogP contribution in [0.25, 0.3) is 10.8 Å². The summed E-state index contributed by atoms with van der Waals surface area (Å²) in [5, 5.41) is 5.12. The van der Waals surface area contributed by atoms with Gasteiger partial charge in [0, 0.05) is 12.1 Å². The van der Waals surface area contributed by atoms with Crippen LogP contribution in [-0.4, -0.2) is 18.0 Å². The Bertz CT molecular complexity index is 622. The minimum atomic E-state index is -0.395. The summed E-state index contributed by atoms with van der Waals surface area (Å²) in [6, 6.07) is 13.7. The molecule has 4 heteroatoms. The average Bonchev–Trinajstić information content (AvgIpc) is 2.46. The van der Waals surface area contributed by atoms with Gasteiger partial charge in [0.25, 0.3) is 5.91 Å². The van der Waals surface area contributed by atoms with E-state index in [-0.39, 0.29) is 24.2 Å². The Hall–Kier alpha value is -1.58. The lowest BCUT2D eigenvalue weighted by Crippen LogP contribution is -2.55. The fourth-order valence-corrected chi connectivity index (χ4v) is 2.18. The lowest BCUT2D eigenvalue weighted by atomic mass is 9.88. The summed E-state index contributed by atoms with van der Waals surface area (Å²) in [7, 11) is 0. The Labute approximate surface area is 132 Å². The number of hydrogen-bond donors (Lipinski definition) is 2. The van der Waals surface area contributed by atoms with Crippen molar-refractivity contribution >= 4 is 29.1 Å². The molecule has 3 N–H and O–H groups in total. The van der Waals surface area contributed by atoms with Crippen LogP contribution in [0, 0.1) is 5.92 Å². The first-order valence-corrected chi connectivity index (χ1v) is 6.98. The Morgan fingerprint density at radius 3 is 2.43 bits per heavy atom. The molecule has 0 fully saturated rings. The SMILES string of the molecule is CC(C)C(C)(CN)NC(=O)c1cccc2ccccc12.Cl. The molecule has 0 radical (unpaired) electrons. The maximum atomic E-state index is 12.6. The fourth-order valence-electron chi connectivity index (χ4n) is 2.18. The van der Waals surface area contributed by atoms with Crippen LogP contribution in [0.1, 0.15) is 31.1 Å². The quantitative estimate of drug-likeness (QED) is 0.910. The third-order valence-corrected chi connectivity index (χ3v) is 4.13. The number of benzene rings is 2. The van der Waals surface area contributed by atoms with E-state index >= 15 is 0 Å². The summed E-state index contributed by atoms with van der Waals surface area (Å²) >= 11 is 0. The monoisotopic (exact) mass is 306 g/mol. The molecule has 1 atom stereocenters. The second-order valence-electron chi connectivity index (χ2n) is 5.76. The maximum absolute atomic E-state index is 12.6. The molecule has 1 amide bonds.